The number of aromatic nitrogens is 3. The molecule has 5 nitrogen and oxygen atoms in total. The fourth-order valence-electron chi connectivity index (χ4n) is 2.19. The topological polar surface area (TPSA) is 59.8 Å². The molecular formula is C15H14N4O. The van der Waals surface area contributed by atoms with Crippen LogP contribution in [0.1, 0.15) is 18.7 Å². The van der Waals surface area contributed by atoms with Crippen LogP contribution in [-0.2, 0) is 4.79 Å². The molecule has 20 heavy (non-hydrogen) atoms. The Hall–Kier alpha value is -2.69. The second-order valence-electron chi connectivity index (χ2n) is 4.54. The molecular weight excluding hydrogens is 252 g/mol. The number of amides is 1. The Morgan fingerprint density at radius 3 is 2.55 bits per heavy atom. The quantitative estimate of drug-likeness (QED) is 0.790. The Bertz CT molecular complexity index is 736. The molecule has 0 unspecified atom stereocenters. The van der Waals surface area contributed by atoms with Gasteiger partial charge in [-0.05, 0) is 17.7 Å². The van der Waals surface area contributed by atoms with Crippen LogP contribution in [0.2, 0.25) is 0 Å². The van der Waals surface area contributed by atoms with Crippen LogP contribution < -0.4 is 5.32 Å². The first-order valence-electron chi connectivity index (χ1n) is 6.37. The zero-order valence-electron chi connectivity index (χ0n) is 11.0. The molecule has 0 saturated heterocycles. The van der Waals surface area contributed by atoms with Crippen LogP contribution in [0, 0.1) is 0 Å². The second kappa shape index (κ2) is 5.13. The molecule has 3 rings (SSSR count). The summed E-state index contributed by atoms with van der Waals surface area (Å²) in [5.41, 5.74) is 2.65. The summed E-state index contributed by atoms with van der Waals surface area (Å²) in [4.78, 5) is 11.5. The van der Waals surface area contributed by atoms with E-state index in [1.165, 1.54) is 6.92 Å². The van der Waals surface area contributed by atoms with Gasteiger partial charge in [-0.25, -0.2) is 4.68 Å². The summed E-state index contributed by atoms with van der Waals surface area (Å²) < 4.78 is 1.73. The maximum Gasteiger partial charge on any atom is 0.218 e. The van der Waals surface area contributed by atoms with Crippen molar-refractivity contribution in [2.75, 3.05) is 0 Å². The van der Waals surface area contributed by atoms with Crippen molar-refractivity contribution in [2.24, 2.45) is 0 Å². The van der Waals surface area contributed by atoms with E-state index in [-0.39, 0.29) is 12.1 Å². The van der Waals surface area contributed by atoms with E-state index >= 15 is 0 Å². The molecule has 1 aromatic heterocycles. The van der Waals surface area contributed by atoms with Crippen LogP contribution in [0.5, 0.6) is 0 Å². The van der Waals surface area contributed by atoms with Crippen molar-refractivity contribution in [1.29, 1.82) is 0 Å². The first kappa shape index (κ1) is 12.3. The van der Waals surface area contributed by atoms with Gasteiger partial charge in [0.15, 0.2) is 6.17 Å². The Morgan fingerprint density at radius 1 is 1.10 bits per heavy atom. The highest BCUT2D eigenvalue weighted by molar-refractivity contribution is 5.76. The maximum absolute atomic E-state index is 11.5. The third-order valence-corrected chi connectivity index (χ3v) is 3.08. The molecule has 5 heteroatoms. The Kier molecular flexibility index (Phi) is 3.16. The average molecular weight is 266 g/mol. The predicted molar refractivity (Wildman–Crippen MR) is 75.9 cm³/mol. The van der Waals surface area contributed by atoms with Gasteiger partial charge in [0.2, 0.25) is 5.91 Å². The number of nitrogens with zero attached hydrogens (tertiary/aromatic N) is 3. The third kappa shape index (κ3) is 2.25. The van der Waals surface area contributed by atoms with Gasteiger partial charge < -0.3 is 5.32 Å². The van der Waals surface area contributed by atoms with Crippen LogP contribution >= 0.6 is 0 Å². The Morgan fingerprint density at radius 2 is 1.80 bits per heavy atom. The number of hydrogen-bond donors (Lipinski definition) is 1. The molecule has 1 N–H and O–H groups in total. The molecule has 100 valence electrons. The number of benzene rings is 2. The molecule has 1 amide bonds. The lowest BCUT2D eigenvalue weighted by Gasteiger charge is -2.19. The molecule has 0 aliphatic carbocycles. The molecule has 0 saturated carbocycles. The van der Waals surface area contributed by atoms with Crippen LogP contribution in [0.4, 0.5) is 0 Å². The van der Waals surface area contributed by atoms with E-state index < -0.39 is 0 Å². The van der Waals surface area contributed by atoms with Gasteiger partial charge in [-0.15, -0.1) is 5.10 Å². The summed E-state index contributed by atoms with van der Waals surface area (Å²) in [5, 5.41) is 11.2. The van der Waals surface area contributed by atoms with Crippen molar-refractivity contribution in [3.63, 3.8) is 0 Å². The zero-order valence-corrected chi connectivity index (χ0v) is 11.0. The largest absolute Gasteiger partial charge is 0.331 e. The van der Waals surface area contributed by atoms with Gasteiger partial charge >= 0.3 is 0 Å². The smallest absolute Gasteiger partial charge is 0.218 e. The maximum atomic E-state index is 11.5. The third-order valence-electron chi connectivity index (χ3n) is 3.08. The molecule has 1 heterocycles. The average Bonchev–Trinajstić information content (AvgIpc) is 2.89. The van der Waals surface area contributed by atoms with E-state index in [1.54, 1.807) is 4.68 Å². The SMILES string of the molecule is CC(=O)N[C@@H](c1ccccc1)n1nnc2ccccc21. The second-order valence-corrected chi connectivity index (χ2v) is 4.54. The Balaban J connectivity index is 2.12. The number of carbonyl (C=O) groups excluding carboxylic acids is 1. The van der Waals surface area contributed by atoms with Crippen molar-refractivity contribution in [3.05, 3.63) is 60.2 Å². The fourth-order valence-corrected chi connectivity index (χ4v) is 2.19. The van der Waals surface area contributed by atoms with Crippen LogP contribution in [0.3, 0.4) is 0 Å². The van der Waals surface area contributed by atoms with Gasteiger partial charge in [-0.3, -0.25) is 4.79 Å². The van der Waals surface area contributed by atoms with Gasteiger partial charge in [0, 0.05) is 6.92 Å². The van der Waals surface area contributed by atoms with E-state index in [0.717, 1.165) is 16.6 Å². The summed E-state index contributed by atoms with van der Waals surface area (Å²) in [5.74, 6) is -0.113. The lowest BCUT2D eigenvalue weighted by Crippen LogP contribution is -2.32. The number of para-hydroxylation sites is 1. The fraction of sp³-hybridized carbons (Fsp3) is 0.133. The molecule has 1 atom stereocenters. The summed E-state index contributed by atoms with van der Waals surface area (Å²) in [7, 11) is 0. The highest BCUT2D eigenvalue weighted by atomic mass is 16.1. The molecule has 0 bridgehead atoms. The van der Waals surface area contributed by atoms with E-state index in [1.807, 2.05) is 54.6 Å². The normalized spacial score (nSPS) is 12.2. The summed E-state index contributed by atoms with van der Waals surface area (Å²) >= 11 is 0. The molecule has 2 aromatic carbocycles. The van der Waals surface area contributed by atoms with Crippen molar-refractivity contribution in [1.82, 2.24) is 20.3 Å². The van der Waals surface area contributed by atoms with E-state index in [0.29, 0.717) is 0 Å². The standard InChI is InChI=1S/C15H14N4O/c1-11(20)16-15(12-7-3-2-4-8-12)19-14-10-6-5-9-13(14)17-18-19/h2-10,15H,1H3,(H,16,20)/t15-/m1/s1. The van der Waals surface area contributed by atoms with Gasteiger partial charge in [0.25, 0.3) is 0 Å². The van der Waals surface area contributed by atoms with Gasteiger partial charge in [0.05, 0.1) is 5.52 Å². The minimum absolute atomic E-state index is 0.113. The molecule has 0 fully saturated rings. The molecule has 0 radical (unpaired) electrons. The van der Waals surface area contributed by atoms with E-state index in [9.17, 15) is 4.79 Å². The number of carbonyl (C=O) groups is 1. The first-order valence-corrected chi connectivity index (χ1v) is 6.37. The molecule has 0 aliphatic rings. The number of nitrogens with one attached hydrogen (secondary N) is 1. The summed E-state index contributed by atoms with van der Waals surface area (Å²) in [6, 6.07) is 17.4. The summed E-state index contributed by atoms with van der Waals surface area (Å²) in [6.07, 6.45) is -0.360. The monoisotopic (exact) mass is 266 g/mol. The van der Waals surface area contributed by atoms with Gasteiger partial charge in [0.1, 0.15) is 5.52 Å². The van der Waals surface area contributed by atoms with Gasteiger partial charge in [-0.2, -0.15) is 0 Å². The summed E-state index contributed by atoms with van der Waals surface area (Å²) in [6.45, 7) is 1.50. The van der Waals surface area contributed by atoms with Gasteiger partial charge in [-0.1, -0.05) is 47.7 Å². The van der Waals surface area contributed by atoms with Crippen molar-refractivity contribution in [2.45, 2.75) is 13.1 Å². The highest BCUT2D eigenvalue weighted by Crippen LogP contribution is 2.19. The molecule has 0 spiro atoms. The highest BCUT2D eigenvalue weighted by Gasteiger charge is 2.18. The van der Waals surface area contributed by atoms with E-state index in [4.69, 9.17) is 0 Å². The van der Waals surface area contributed by atoms with Crippen molar-refractivity contribution < 1.29 is 4.79 Å². The van der Waals surface area contributed by atoms with E-state index in [2.05, 4.69) is 15.6 Å². The lowest BCUT2D eigenvalue weighted by atomic mass is 10.1. The Labute approximate surface area is 116 Å². The lowest BCUT2D eigenvalue weighted by molar-refractivity contribution is -0.119. The zero-order chi connectivity index (χ0) is 13.9. The predicted octanol–water partition coefficient (Wildman–Crippen LogP) is 2.11. The minimum atomic E-state index is -0.360. The van der Waals surface area contributed by atoms with Crippen molar-refractivity contribution >= 4 is 16.9 Å². The van der Waals surface area contributed by atoms with Crippen LogP contribution in [0.15, 0.2) is 54.6 Å². The molecule has 3 aromatic rings. The number of fused-ring (bicyclic) bond motifs is 1. The first-order chi connectivity index (χ1) is 9.75. The molecule has 0 aliphatic heterocycles. The van der Waals surface area contributed by atoms with Crippen LogP contribution in [-0.4, -0.2) is 20.9 Å². The number of hydrogen-bond acceptors (Lipinski definition) is 3. The van der Waals surface area contributed by atoms with Crippen molar-refractivity contribution in [3.8, 4) is 0 Å². The minimum Gasteiger partial charge on any atom is -0.331 e. The van der Waals surface area contributed by atoms with Crippen LogP contribution in [0.25, 0.3) is 11.0 Å². The number of rotatable bonds is 3.